The molecule has 0 saturated carbocycles. The average Bonchev–Trinajstić information content (AvgIpc) is 2.44. The predicted octanol–water partition coefficient (Wildman–Crippen LogP) is 2.50. The maximum absolute atomic E-state index is 12.8. The molecule has 24 heavy (non-hydrogen) atoms. The highest BCUT2D eigenvalue weighted by atomic mass is 19.4. The van der Waals surface area contributed by atoms with E-state index in [1.807, 2.05) is 0 Å². The molecule has 0 aliphatic rings. The quantitative estimate of drug-likeness (QED) is 0.640. The van der Waals surface area contributed by atoms with Crippen LogP contribution in [0.2, 0.25) is 0 Å². The Morgan fingerprint density at radius 1 is 1.12 bits per heavy atom. The topological polar surface area (TPSA) is 75.6 Å². The average molecular weight is 359 g/mol. The normalized spacial score (nSPS) is 14.7. The molecule has 5 nitrogen and oxygen atoms in total. The van der Waals surface area contributed by atoms with Crippen LogP contribution in [0.15, 0.2) is 24.3 Å². The van der Waals surface area contributed by atoms with Crippen molar-refractivity contribution >= 4 is 17.6 Å². The molecule has 1 unspecified atom stereocenters. The number of para-hydroxylation sites is 1. The number of methoxy groups -OCH3 is 1. The lowest BCUT2D eigenvalue weighted by Crippen LogP contribution is -2.54. The summed E-state index contributed by atoms with van der Waals surface area (Å²) in [5.74, 6) is -3.81. The van der Waals surface area contributed by atoms with Gasteiger partial charge >= 0.3 is 18.3 Å². The van der Waals surface area contributed by atoms with E-state index < -0.39 is 47.5 Å². The van der Waals surface area contributed by atoms with Gasteiger partial charge in [-0.3, -0.25) is 4.79 Å². The van der Waals surface area contributed by atoms with Gasteiger partial charge in [0.15, 0.2) is 0 Å². The summed E-state index contributed by atoms with van der Waals surface area (Å²) in [6, 6.07) is 3.54. The summed E-state index contributed by atoms with van der Waals surface area (Å²) in [4.78, 5) is 22.8. The number of ether oxygens (including phenoxy) is 1. The van der Waals surface area contributed by atoms with Gasteiger partial charge in [0.1, 0.15) is 0 Å². The summed E-state index contributed by atoms with van der Waals surface area (Å²) in [6.45, 7) is 0. The highest BCUT2D eigenvalue weighted by Gasteiger charge is 2.61. The first-order valence-electron chi connectivity index (χ1n) is 6.16. The monoisotopic (exact) mass is 359 g/mol. The molecular weight excluding hydrogens is 348 g/mol. The molecule has 0 aliphatic heterocycles. The number of rotatable bonds is 4. The van der Waals surface area contributed by atoms with Crippen molar-refractivity contribution < 1.29 is 45.8 Å². The van der Waals surface area contributed by atoms with Crippen LogP contribution in [0.25, 0.3) is 0 Å². The molecule has 0 bridgehead atoms. The summed E-state index contributed by atoms with van der Waals surface area (Å²) in [5.41, 5.74) is -6.30. The zero-order valence-electron chi connectivity index (χ0n) is 12.0. The first-order valence-corrected chi connectivity index (χ1v) is 6.16. The molecule has 1 atom stereocenters. The highest BCUT2D eigenvalue weighted by Crippen LogP contribution is 2.36. The molecule has 1 rings (SSSR count). The zero-order chi connectivity index (χ0) is 18.8. The van der Waals surface area contributed by atoms with Crippen molar-refractivity contribution in [3.8, 4) is 0 Å². The highest BCUT2D eigenvalue weighted by molar-refractivity contribution is 5.96. The molecule has 1 amide bonds. The molecule has 0 aliphatic carbocycles. The number of hydrogen-bond acceptors (Lipinski definition) is 4. The number of aliphatic hydroxyl groups is 1. The van der Waals surface area contributed by atoms with Crippen LogP contribution in [0.5, 0.6) is 0 Å². The predicted molar refractivity (Wildman–Crippen MR) is 67.7 cm³/mol. The van der Waals surface area contributed by atoms with Gasteiger partial charge in [-0.2, -0.15) is 26.3 Å². The standard InChI is InChI=1S/C13H11F6NO4/c1-24-10(22)11(23,13(17,18)19)6-9(21)20-8-5-3-2-4-7(8)12(14,15)16/h2-5,23H,6H2,1H3,(H,20,21). The number of alkyl halides is 6. The Kier molecular flexibility index (Phi) is 5.49. The Morgan fingerprint density at radius 2 is 1.67 bits per heavy atom. The van der Waals surface area contributed by atoms with Gasteiger partial charge in [-0.25, -0.2) is 4.79 Å². The summed E-state index contributed by atoms with van der Waals surface area (Å²) in [7, 11) is 0.551. The molecule has 0 saturated heterocycles. The van der Waals surface area contributed by atoms with Gasteiger partial charge in [0.05, 0.1) is 24.8 Å². The fraction of sp³-hybridized carbons (Fsp3) is 0.385. The Labute approximate surface area is 131 Å². The molecule has 1 aromatic rings. The lowest BCUT2D eigenvalue weighted by Gasteiger charge is -2.27. The molecule has 0 aromatic heterocycles. The van der Waals surface area contributed by atoms with Crippen molar-refractivity contribution in [3.05, 3.63) is 29.8 Å². The summed E-state index contributed by atoms with van der Waals surface area (Å²) in [5, 5.41) is 11.0. The van der Waals surface area contributed by atoms with Crippen LogP contribution in [0, 0.1) is 0 Å². The van der Waals surface area contributed by atoms with E-state index >= 15 is 0 Å². The molecule has 134 valence electrons. The molecule has 0 radical (unpaired) electrons. The second-order valence-corrected chi connectivity index (χ2v) is 4.62. The number of halogens is 6. The number of nitrogens with one attached hydrogen (secondary N) is 1. The van der Waals surface area contributed by atoms with Crippen molar-refractivity contribution in [1.29, 1.82) is 0 Å². The van der Waals surface area contributed by atoms with Gasteiger partial charge < -0.3 is 15.2 Å². The zero-order valence-corrected chi connectivity index (χ0v) is 12.0. The van der Waals surface area contributed by atoms with Gasteiger partial charge in [-0.1, -0.05) is 12.1 Å². The van der Waals surface area contributed by atoms with Crippen LogP contribution in [-0.4, -0.2) is 35.9 Å². The minimum Gasteiger partial charge on any atom is -0.467 e. The van der Waals surface area contributed by atoms with Crippen LogP contribution in [0.4, 0.5) is 32.0 Å². The third-order valence-electron chi connectivity index (χ3n) is 2.91. The smallest absolute Gasteiger partial charge is 0.428 e. The van der Waals surface area contributed by atoms with E-state index in [2.05, 4.69) is 4.74 Å². The van der Waals surface area contributed by atoms with Gasteiger partial charge in [-0.05, 0) is 12.1 Å². The van der Waals surface area contributed by atoms with Gasteiger partial charge in [-0.15, -0.1) is 0 Å². The summed E-state index contributed by atoms with van der Waals surface area (Å²) >= 11 is 0. The van der Waals surface area contributed by atoms with Crippen molar-refractivity contribution in [1.82, 2.24) is 0 Å². The van der Waals surface area contributed by atoms with E-state index in [1.54, 1.807) is 5.32 Å². The lowest BCUT2D eigenvalue weighted by atomic mass is 9.98. The number of esters is 1. The second kappa shape index (κ2) is 6.67. The SMILES string of the molecule is COC(=O)C(O)(CC(=O)Nc1ccccc1C(F)(F)F)C(F)(F)F. The molecule has 0 spiro atoms. The molecular formula is C13H11F6NO4. The lowest BCUT2D eigenvalue weighted by molar-refractivity contribution is -0.261. The fourth-order valence-corrected chi connectivity index (χ4v) is 1.72. The van der Waals surface area contributed by atoms with Gasteiger partial charge in [0.2, 0.25) is 5.91 Å². The Bertz CT molecular complexity index is 628. The van der Waals surface area contributed by atoms with E-state index in [1.165, 1.54) is 0 Å². The second-order valence-electron chi connectivity index (χ2n) is 4.62. The maximum Gasteiger partial charge on any atom is 0.428 e. The number of amides is 1. The van der Waals surface area contributed by atoms with Crippen LogP contribution >= 0.6 is 0 Å². The summed E-state index contributed by atoms with van der Waals surface area (Å²) in [6.07, 6.45) is -12.3. The number of benzene rings is 1. The van der Waals surface area contributed by atoms with E-state index in [0.29, 0.717) is 13.2 Å². The minimum absolute atomic E-state index is 0.551. The van der Waals surface area contributed by atoms with Crippen LogP contribution in [0.3, 0.4) is 0 Å². The molecule has 0 fully saturated rings. The van der Waals surface area contributed by atoms with Crippen molar-refractivity contribution in [2.45, 2.75) is 24.4 Å². The van der Waals surface area contributed by atoms with E-state index in [9.17, 15) is 41.0 Å². The minimum atomic E-state index is -5.57. The Morgan fingerprint density at radius 3 is 2.12 bits per heavy atom. The number of carbonyl (C=O) groups excluding carboxylic acids is 2. The number of hydrogen-bond donors (Lipinski definition) is 2. The summed E-state index contributed by atoms with van der Waals surface area (Å²) < 4.78 is 80.5. The first-order chi connectivity index (χ1) is 10.8. The van der Waals surface area contributed by atoms with E-state index in [0.717, 1.165) is 18.2 Å². The van der Waals surface area contributed by atoms with Gasteiger partial charge in [0.25, 0.3) is 5.60 Å². The van der Waals surface area contributed by atoms with Crippen LogP contribution in [0.1, 0.15) is 12.0 Å². The fourth-order valence-electron chi connectivity index (χ4n) is 1.72. The van der Waals surface area contributed by atoms with Crippen molar-refractivity contribution in [3.63, 3.8) is 0 Å². The number of carbonyl (C=O) groups is 2. The third-order valence-corrected chi connectivity index (χ3v) is 2.91. The molecule has 11 heteroatoms. The first kappa shape index (κ1) is 19.7. The largest absolute Gasteiger partial charge is 0.467 e. The molecule has 1 aromatic carbocycles. The molecule has 0 heterocycles. The molecule has 2 N–H and O–H groups in total. The van der Waals surface area contributed by atoms with Crippen LogP contribution < -0.4 is 5.32 Å². The van der Waals surface area contributed by atoms with Gasteiger partial charge in [0, 0.05) is 0 Å². The van der Waals surface area contributed by atoms with E-state index in [-0.39, 0.29) is 0 Å². The van der Waals surface area contributed by atoms with Crippen molar-refractivity contribution in [2.75, 3.05) is 12.4 Å². The van der Waals surface area contributed by atoms with Crippen molar-refractivity contribution in [2.24, 2.45) is 0 Å². The Hall–Kier alpha value is -2.30. The van der Waals surface area contributed by atoms with E-state index in [4.69, 9.17) is 0 Å². The van der Waals surface area contributed by atoms with Crippen LogP contribution in [-0.2, 0) is 20.5 Å². The number of anilines is 1. The Balaban J connectivity index is 3.07. The maximum atomic E-state index is 12.8. The third kappa shape index (κ3) is 4.16.